The maximum Gasteiger partial charge on any atom is 0.135 e. The Labute approximate surface area is 130 Å². The zero-order valence-corrected chi connectivity index (χ0v) is 14.1. The van der Waals surface area contributed by atoms with Crippen molar-refractivity contribution in [3.05, 3.63) is 26.5 Å². The molecule has 0 aromatic carbocycles. The van der Waals surface area contributed by atoms with Crippen molar-refractivity contribution in [2.24, 2.45) is 0 Å². The minimum absolute atomic E-state index is 0.465. The molecule has 1 N–H and O–H groups in total. The number of thiophene rings is 1. The summed E-state index contributed by atoms with van der Waals surface area (Å²) in [5.74, 6) is 0. The van der Waals surface area contributed by atoms with E-state index in [0.717, 1.165) is 6.54 Å². The molecule has 0 amide bonds. The Balaban J connectivity index is 1.91. The van der Waals surface area contributed by atoms with E-state index < -0.39 is 0 Å². The fraction of sp³-hybridized carbons (Fsp3) is 0.500. The van der Waals surface area contributed by atoms with E-state index in [1.54, 1.807) is 11.3 Å². The smallest absolute Gasteiger partial charge is 0.135 e. The average molecular weight is 357 g/mol. The van der Waals surface area contributed by atoms with Gasteiger partial charge in [-0.15, -0.1) is 22.7 Å². The Hall–Kier alpha value is -0.230. The third kappa shape index (κ3) is 2.79. The van der Waals surface area contributed by atoms with Crippen molar-refractivity contribution < 1.29 is 0 Å². The van der Waals surface area contributed by atoms with Crippen LogP contribution < -0.4 is 5.32 Å². The van der Waals surface area contributed by atoms with E-state index in [0.29, 0.717) is 6.04 Å². The lowest BCUT2D eigenvalue weighted by atomic mass is 9.97. The van der Waals surface area contributed by atoms with Crippen molar-refractivity contribution in [2.75, 3.05) is 6.54 Å². The van der Waals surface area contributed by atoms with E-state index in [2.05, 4.69) is 39.6 Å². The van der Waals surface area contributed by atoms with Crippen LogP contribution in [0.4, 0.5) is 0 Å². The van der Waals surface area contributed by atoms with Crippen molar-refractivity contribution in [2.45, 2.75) is 38.6 Å². The highest BCUT2D eigenvalue weighted by Crippen LogP contribution is 2.41. The van der Waals surface area contributed by atoms with Crippen LogP contribution in [0.3, 0.4) is 0 Å². The van der Waals surface area contributed by atoms with Crippen molar-refractivity contribution in [1.82, 2.24) is 10.3 Å². The normalized spacial score (nSPS) is 18.5. The van der Waals surface area contributed by atoms with Gasteiger partial charge < -0.3 is 5.32 Å². The summed E-state index contributed by atoms with van der Waals surface area (Å²) < 4.78 is 1.17. The minimum atomic E-state index is 0.465. The maximum absolute atomic E-state index is 4.92. The van der Waals surface area contributed by atoms with Gasteiger partial charge in [-0.05, 0) is 59.6 Å². The first-order chi connectivity index (χ1) is 9.29. The van der Waals surface area contributed by atoms with Gasteiger partial charge in [-0.2, -0.15) is 0 Å². The van der Waals surface area contributed by atoms with Gasteiger partial charge in [-0.3, -0.25) is 0 Å². The number of aromatic nitrogens is 1. The van der Waals surface area contributed by atoms with Crippen molar-refractivity contribution in [3.8, 4) is 9.88 Å². The third-order valence-corrected chi connectivity index (χ3v) is 6.53. The Kier molecular flexibility index (Phi) is 4.37. The molecule has 0 saturated carbocycles. The van der Waals surface area contributed by atoms with Crippen LogP contribution in [0.1, 0.15) is 42.8 Å². The first-order valence-electron chi connectivity index (χ1n) is 6.76. The number of thiazole rings is 1. The van der Waals surface area contributed by atoms with Crippen molar-refractivity contribution in [1.29, 1.82) is 0 Å². The summed E-state index contributed by atoms with van der Waals surface area (Å²) in [5.41, 5.74) is 1.31. The minimum Gasteiger partial charge on any atom is -0.309 e. The van der Waals surface area contributed by atoms with E-state index in [1.165, 1.54) is 50.6 Å². The van der Waals surface area contributed by atoms with Gasteiger partial charge in [-0.25, -0.2) is 4.98 Å². The largest absolute Gasteiger partial charge is 0.309 e. The molecule has 19 heavy (non-hydrogen) atoms. The molecule has 2 aromatic heterocycles. The number of nitrogens with zero attached hydrogens (tertiary/aromatic N) is 1. The molecular weight excluding hydrogens is 340 g/mol. The van der Waals surface area contributed by atoms with E-state index >= 15 is 0 Å². The lowest BCUT2D eigenvalue weighted by Crippen LogP contribution is -2.25. The number of halogens is 1. The number of hydrogen-bond acceptors (Lipinski definition) is 4. The molecule has 1 unspecified atom stereocenters. The number of nitrogens with one attached hydrogen (secondary N) is 1. The second kappa shape index (κ2) is 6.04. The molecule has 2 nitrogen and oxygen atoms in total. The molecule has 2 heterocycles. The number of hydrogen-bond donors (Lipinski definition) is 1. The van der Waals surface area contributed by atoms with Crippen LogP contribution in [0.25, 0.3) is 9.88 Å². The van der Waals surface area contributed by atoms with Crippen molar-refractivity contribution in [3.63, 3.8) is 0 Å². The SMILES string of the molecule is CCCNC1CCCc2sc(-c3sccc3Br)nc21. The zero-order chi connectivity index (χ0) is 13.2. The molecule has 0 fully saturated rings. The predicted octanol–water partition coefficient (Wildman–Crippen LogP) is 5.01. The summed E-state index contributed by atoms with van der Waals surface area (Å²) in [6.07, 6.45) is 4.88. The molecule has 3 rings (SSSR count). The summed E-state index contributed by atoms with van der Waals surface area (Å²) >= 11 is 7.25. The first-order valence-corrected chi connectivity index (χ1v) is 9.25. The van der Waals surface area contributed by atoms with Crippen LogP contribution in [-0.4, -0.2) is 11.5 Å². The molecule has 0 radical (unpaired) electrons. The van der Waals surface area contributed by atoms with Crippen molar-refractivity contribution >= 4 is 38.6 Å². The van der Waals surface area contributed by atoms with Gasteiger partial charge in [0.05, 0.1) is 16.6 Å². The summed E-state index contributed by atoms with van der Waals surface area (Å²) in [6, 6.07) is 2.57. The second-order valence-electron chi connectivity index (χ2n) is 4.82. The molecule has 5 heteroatoms. The first kappa shape index (κ1) is 13.7. The molecule has 1 atom stereocenters. The molecule has 1 aliphatic carbocycles. The number of fused-ring (bicyclic) bond motifs is 1. The monoisotopic (exact) mass is 356 g/mol. The number of aryl methyl sites for hydroxylation is 1. The van der Waals surface area contributed by atoms with Gasteiger partial charge in [0.25, 0.3) is 0 Å². The predicted molar refractivity (Wildman–Crippen MR) is 87.1 cm³/mol. The van der Waals surface area contributed by atoms with Gasteiger partial charge >= 0.3 is 0 Å². The fourth-order valence-corrected chi connectivity index (χ4v) is 5.44. The average Bonchev–Trinajstić information content (AvgIpc) is 3.01. The molecule has 2 aromatic rings. The molecule has 0 spiro atoms. The van der Waals surface area contributed by atoms with Crippen LogP contribution in [0.15, 0.2) is 15.9 Å². The quantitative estimate of drug-likeness (QED) is 0.832. The molecule has 0 bridgehead atoms. The van der Waals surface area contributed by atoms with E-state index in [-0.39, 0.29) is 0 Å². The van der Waals surface area contributed by atoms with E-state index in [4.69, 9.17) is 4.98 Å². The van der Waals surface area contributed by atoms with Crippen LogP contribution >= 0.6 is 38.6 Å². The zero-order valence-electron chi connectivity index (χ0n) is 10.9. The highest BCUT2D eigenvalue weighted by molar-refractivity contribution is 9.10. The maximum atomic E-state index is 4.92. The van der Waals surface area contributed by atoms with Crippen LogP contribution in [0.2, 0.25) is 0 Å². The van der Waals surface area contributed by atoms with Gasteiger partial charge in [0, 0.05) is 9.35 Å². The summed E-state index contributed by atoms with van der Waals surface area (Å²) in [7, 11) is 0. The van der Waals surface area contributed by atoms with Crippen LogP contribution in [0.5, 0.6) is 0 Å². The Morgan fingerprint density at radius 3 is 3.16 bits per heavy atom. The van der Waals surface area contributed by atoms with Crippen LogP contribution in [0, 0.1) is 0 Å². The van der Waals surface area contributed by atoms with Gasteiger partial charge in [-0.1, -0.05) is 6.92 Å². The van der Waals surface area contributed by atoms with E-state index in [1.807, 2.05) is 11.3 Å². The fourth-order valence-electron chi connectivity index (χ4n) is 2.48. The molecule has 102 valence electrons. The Bertz CT molecular complexity index is 562. The highest BCUT2D eigenvalue weighted by atomic mass is 79.9. The standard InChI is InChI=1S/C14H17BrN2S2/c1-2-7-16-10-4-3-5-11-12(10)17-14(19-11)13-9(15)6-8-18-13/h6,8,10,16H,2-5,7H2,1H3. The lowest BCUT2D eigenvalue weighted by molar-refractivity contribution is 0.454. The van der Waals surface area contributed by atoms with E-state index in [9.17, 15) is 0 Å². The highest BCUT2D eigenvalue weighted by Gasteiger charge is 2.25. The van der Waals surface area contributed by atoms with Gasteiger partial charge in [0.1, 0.15) is 5.01 Å². The Morgan fingerprint density at radius 2 is 2.42 bits per heavy atom. The Morgan fingerprint density at radius 1 is 1.53 bits per heavy atom. The van der Waals surface area contributed by atoms with Crippen LogP contribution in [-0.2, 0) is 6.42 Å². The molecule has 1 aliphatic rings. The summed E-state index contributed by atoms with van der Waals surface area (Å²) in [5, 5.41) is 6.93. The summed E-state index contributed by atoms with van der Waals surface area (Å²) in [6.45, 7) is 3.30. The van der Waals surface area contributed by atoms with Gasteiger partial charge in [0.2, 0.25) is 0 Å². The summed E-state index contributed by atoms with van der Waals surface area (Å²) in [4.78, 5) is 7.68. The third-order valence-electron chi connectivity index (χ3n) is 3.41. The molecular formula is C14H17BrN2S2. The molecule has 0 aliphatic heterocycles. The topological polar surface area (TPSA) is 24.9 Å². The molecule has 0 saturated heterocycles. The lowest BCUT2D eigenvalue weighted by Gasteiger charge is -2.22. The number of rotatable bonds is 4. The second-order valence-corrected chi connectivity index (χ2v) is 7.68. The van der Waals surface area contributed by atoms with Gasteiger partial charge in [0.15, 0.2) is 0 Å².